The summed E-state index contributed by atoms with van der Waals surface area (Å²) < 4.78 is 5.93. The second kappa shape index (κ2) is 9.94. The van der Waals surface area contributed by atoms with Gasteiger partial charge in [0.1, 0.15) is 5.75 Å². The van der Waals surface area contributed by atoms with Gasteiger partial charge in [0.05, 0.1) is 35.9 Å². The smallest absolute Gasteiger partial charge is 0.234 e. The fourth-order valence-corrected chi connectivity index (χ4v) is 2.59. The van der Waals surface area contributed by atoms with E-state index in [0.29, 0.717) is 13.2 Å². The molecule has 3 aromatic rings. The van der Waals surface area contributed by atoms with Crippen LogP contribution in [0, 0.1) is 0 Å². The highest BCUT2D eigenvalue weighted by Crippen LogP contribution is 2.26. The molecule has 3 aromatic heterocycles. The molecule has 6 nitrogen and oxygen atoms in total. The normalized spacial score (nSPS) is 10.2. The zero-order valence-electron chi connectivity index (χ0n) is 14.9. The van der Waals surface area contributed by atoms with Gasteiger partial charge in [0.15, 0.2) is 0 Å². The Morgan fingerprint density at radius 1 is 0.852 bits per heavy atom. The molecule has 0 atom stereocenters. The van der Waals surface area contributed by atoms with Crippen LogP contribution in [-0.2, 0) is 4.79 Å². The predicted molar refractivity (Wildman–Crippen MR) is 103 cm³/mol. The van der Waals surface area contributed by atoms with E-state index in [-0.39, 0.29) is 0 Å². The number of pyridine rings is 3. The van der Waals surface area contributed by atoms with Gasteiger partial charge in [-0.3, -0.25) is 9.97 Å². The third-order valence-electron chi connectivity index (χ3n) is 3.90. The summed E-state index contributed by atoms with van der Waals surface area (Å²) in [5.41, 5.74) is 3.06. The molecule has 0 saturated heterocycles. The molecule has 0 amide bonds. The van der Waals surface area contributed by atoms with E-state index in [1.807, 2.05) is 48.5 Å². The summed E-state index contributed by atoms with van der Waals surface area (Å²) in [5.74, 6) is 0.734. The van der Waals surface area contributed by atoms with E-state index < -0.39 is 0 Å². The SMILES string of the molecule is O=C=NCCCCCOc1cc(-c2ccccn2)nc(-c2ccccn2)c1. The fourth-order valence-electron chi connectivity index (χ4n) is 2.59. The zero-order chi connectivity index (χ0) is 18.7. The Balaban J connectivity index is 1.75. The Morgan fingerprint density at radius 2 is 1.52 bits per heavy atom. The molecule has 0 aliphatic rings. The van der Waals surface area contributed by atoms with Crippen molar-refractivity contribution in [3.05, 3.63) is 60.9 Å². The lowest BCUT2D eigenvalue weighted by Gasteiger charge is -2.10. The molecule has 0 N–H and O–H groups in total. The van der Waals surface area contributed by atoms with Gasteiger partial charge in [0, 0.05) is 24.5 Å². The Bertz CT molecular complexity index is 837. The molecule has 0 fully saturated rings. The van der Waals surface area contributed by atoms with Crippen LogP contribution in [0.15, 0.2) is 65.9 Å². The number of unbranched alkanes of at least 4 members (excludes halogenated alkanes) is 2. The maximum atomic E-state index is 10.0. The van der Waals surface area contributed by atoms with E-state index in [1.54, 1.807) is 18.5 Å². The molecule has 0 aromatic carbocycles. The zero-order valence-corrected chi connectivity index (χ0v) is 14.9. The molecule has 136 valence electrons. The maximum absolute atomic E-state index is 10.0. The topological polar surface area (TPSA) is 77.3 Å². The number of rotatable bonds is 9. The van der Waals surface area contributed by atoms with Crippen LogP contribution in [0.4, 0.5) is 0 Å². The lowest BCUT2D eigenvalue weighted by atomic mass is 10.2. The number of nitrogens with zero attached hydrogens (tertiary/aromatic N) is 4. The molecule has 6 heteroatoms. The van der Waals surface area contributed by atoms with Gasteiger partial charge in [-0.25, -0.2) is 14.8 Å². The summed E-state index contributed by atoms with van der Waals surface area (Å²) in [7, 11) is 0. The number of isocyanates is 1. The van der Waals surface area contributed by atoms with Crippen molar-refractivity contribution in [3.63, 3.8) is 0 Å². The molecule has 0 radical (unpaired) electrons. The number of aliphatic imine (C=N–C) groups is 1. The van der Waals surface area contributed by atoms with Crippen molar-refractivity contribution in [2.75, 3.05) is 13.2 Å². The molecule has 27 heavy (non-hydrogen) atoms. The van der Waals surface area contributed by atoms with Gasteiger partial charge in [0.25, 0.3) is 0 Å². The first-order valence-corrected chi connectivity index (χ1v) is 8.88. The lowest BCUT2D eigenvalue weighted by Crippen LogP contribution is -2.00. The summed E-state index contributed by atoms with van der Waals surface area (Å²) in [6, 6.07) is 15.2. The van der Waals surface area contributed by atoms with E-state index in [1.165, 1.54) is 0 Å². The predicted octanol–water partition coefficient (Wildman–Crippen LogP) is 4.09. The van der Waals surface area contributed by atoms with Crippen LogP contribution >= 0.6 is 0 Å². The van der Waals surface area contributed by atoms with E-state index >= 15 is 0 Å². The minimum absolute atomic E-state index is 0.520. The van der Waals surface area contributed by atoms with E-state index in [4.69, 9.17) is 9.72 Å². The van der Waals surface area contributed by atoms with Crippen LogP contribution in [0.3, 0.4) is 0 Å². The number of ether oxygens (including phenoxy) is 1. The molecule has 0 saturated carbocycles. The van der Waals surface area contributed by atoms with Gasteiger partial charge >= 0.3 is 0 Å². The van der Waals surface area contributed by atoms with Crippen molar-refractivity contribution in [2.24, 2.45) is 4.99 Å². The van der Waals surface area contributed by atoms with Crippen LogP contribution in [0.5, 0.6) is 5.75 Å². The maximum Gasteiger partial charge on any atom is 0.234 e. The van der Waals surface area contributed by atoms with Gasteiger partial charge in [0.2, 0.25) is 6.08 Å². The van der Waals surface area contributed by atoms with Crippen LogP contribution in [0.25, 0.3) is 22.8 Å². The monoisotopic (exact) mass is 360 g/mol. The first-order valence-electron chi connectivity index (χ1n) is 8.88. The van der Waals surface area contributed by atoms with Crippen molar-refractivity contribution >= 4 is 6.08 Å². The number of hydrogen-bond acceptors (Lipinski definition) is 6. The molecule has 0 aliphatic carbocycles. The molecule has 0 unspecified atom stereocenters. The molecular formula is C21H20N4O2. The van der Waals surface area contributed by atoms with Gasteiger partial charge < -0.3 is 4.74 Å². The van der Waals surface area contributed by atoms with Crippen molar-refractivity contribution < 1.29 is 9.53 Å². The minimum atomic E-state index is 0.520. The van der Waals surface area contributed by atoms with Crippen molar-refractivity contribution in [1.82, 2.24) is 15.0 Å². The summed E-state index contributed by atoms with van der Waals surface area (Å²) >= 11 is 0. The van der Waals surface area contributed by atoms with E-state index in [2.05, 4.69) is 15.0 Å². The number of hydrogen-bond donors (Lipinski definition) is 0. The minimum Gasteiger partial charge on any atom is -0.493 e. The van der Waals surface area contributed by atoms with Gasteiger partial charge in [-0.05, 0) is 43.5 Å². The summed E-state index contributed by atoms with van der Waals surface area (Å²) in [6.07, 6.45) is 7.72. The van der Waals surface area contributed by atoms with Gasteiger partial charge in [-0.15, -0.1) is 0 Å². The molecule has 3 heterocycles. The van der Waals surface area contributed by atoms with Crippen LogP contribution < -0.4 is 4.74 Å². The molecule has 0 spiro atoms. The molecule has 0 aliphatic heterocycles. The highest BCUT2D eigenvalue weighted by atomic mass is 16.5. The Hall–Kier alpha value is -3.37. The van der Waals surface area contributed by atoms with Crippen molar-refractivity contribution in [2.45, 2.75) is 19.3 Å². The average Bonchev–Trinajstić information content (AvgIpc) is 2.74. The van der Waals surface area contributed by atoms with E-state index in [9.17, 15) is 4.79 Å². The quantitative estimate of drug-likeness (QED) is 0.326. The van der Waals surface area contributed by atoms with Crippen molar-refractivity contribution in [3.8, 4) is 28.5 Å². The summed E-state index contributed by atoms with van der Waals surface area (Å²) in [5, 5.41) is 0. The highest BCUT2D eigenvalue weighted by Gasteiger charge is 2.09. The third-order valence-corrected chi connectivity index (χ3v) is 3.90. The van der Waals surface area contributed by atoms with Gasteiger partial charge in [-0.2, -0.15) is 0 Å². The fraction of sp³-hybridized carbons (Fsp3) is 0.238. The first kappa shape index (κ1) is 18.4. The van der Waals surface area contributed by atoms with Gasteiger partial charge in [-0.1, -0.05) is 12.1 Å². The van der Waals surface area contributed by atoms with E-state index in [0.717, 1.165) is 47.8 Å². The van der Waals surface area contributed by atoms with Crippen molar-refractivity contribution in [1.29, 1.82) is 0 Å². The standard InChI is InChI=1S/C21H20N4O2/c26-16-22-10-4-1-7-13-27-17-14-20(18-8-2-5-11-23-18)25-21(15-17)19-9-3-6-12-24-19/h2-3,5-6,8-9,11-12,14-15H,1,4,7,10,13H2. The third kappa shape index (κ3) is 5.56. The molecule has 3 rings (SSSR count). The first-order chi connectivity index (χ1) is 13.4. The number of carbonyl (C=O) groups excluding carboxylic acids is 1. The second-order valence-electron chi connectivity index (χ2n) is 5.89. The highest BCUT2D eigenvalue weighted by molar-refractivity contribution is 5.64. The van der Waals surface area contributed by atoms with Crippen LogP contribution in [0.2, 0.25) is 0 Å². The Labute approximate surface area is 158 Å². The van der Waals surface area contributed by atoms with Crippen LogP contribution in [0.1, 0.15) is 19.3 Å². The van der Waals surface area contributed by atoms with Crippen LogP contribution in [-0.4, -0.2) is 34.2 Å². The molecule has 0 bridgehead atoms. The Morgan fingerprint density at radius 3 is 2.07 bits per heavy atom. The Kier molecular flexibility index (Phi) is 6.78. The largest absolute Gasteiger partial charge is 0.493 e. The lowest BCUT2D eigenvalue weighted by molar-refractivity contribution is 0.305. The second-order valence-corrected chi connectivity index (χ2v) is 5.89. The summed E-state index contributed by atoms with van der Waals surface area (Å²) in [4.78, 5) is 27.1. The number of aromatic nitrogens is 3. The molecular weight excluding hydrogens is 340 g/mol. The summed E-state index contributed by atoms with van der Waals surface area (Å²) in [6.45, 7) is 1.10. The average molecular weight is 360 g/mol.